The molecule has 0 atom stereocenters. The van der Waals surface area contributed by atoms with Crippen LogP contribution < -0.4 is 10.1 Å². The van der Waals surface area contributed by atoms with Gasteiger partial charge in [-0.05, 0) is 50.3 Å². The van der Waals surface area contributed by atoms with Gasteiger partial charge in [-0.1, -0.05) is 17.3 Å². The highest BCUT2D eigenvalue weighted by Crippen LogP contribution is 2.26. The van der Waals surface area contributed by atoms with Gasteiger partial charge in [0.05, 0.1) is 5.69 Å². The van der Waals surface area contributed by atoms with Gasteiger partial charge in [-0.3, -0.25) is 0 Å². The number of ether oxygens (including phenoxy) is 1. The van der Waals surface area contributed by atoms with Crippen LogP contribution >= 0.6 is 0 Å². The van der Waals surface area contributed by atoms with Crippen molar-refractivity contribution in [2.75, 3.05) is 0 Å². The second-order valence-corrected chi connectivity index (χ2v) is 5.94. The number of rotatable bonds is 6. The first-order valence-electron chi connectivity index (χ1n) is 7.50. The Morgan fingerprint density at radius 2 is 1.90 bits per heavy atom. The Kier molecular flexibility index (Phi) is 3.97. The summed E-state index contributed by atoms with van der Waals surface area (Å²) in [6.07, 6.45) is 2.63. The molecule has 2 aromatic rings. The largest absolute Gasteiger partial charge is 0.485 e. The zero-order valence-corrected chi connectivity index (χ0v) is 12.9. The van der Waals surface area contributed by atoms with Crippen molar-refractivity contribution in [2.24, 2.45) is 0 Å². The van der Waals surface area contributed by atoms with Crippen molar-refractivity contribution < 1.29 is 9.26 Å². The zero-order valence-electron chi connectivity index (χ0n) is 12.9. The number of nitrogens with zero attached hydrogens (tertiary/aromatic N) is 1. The van der Waals surface area contributed by atoms with Crippen LogP contribution in [-0.4, -0.2) is 11.2 Å². The first-order chi connectivity index (χ1) is 10.1. The van der Waals surface area contributed by atoms with E-state index in [-0.39, 0.29) is 0 Å². The van der Waals surface area contributed by atoms with E-state index >= 15 is 0 Å². The van der Waals surface area contributed by atoms with Gasteiger partial charge in [-0.25, -0.2) is 0 Å². The summed E-state index contributed by atoms with van der Waals surface area (Å²) in [6, 6.07) is 7.03. The third-order valence-electron chi connectivity index (χ3n) is 3.73. The topological polar surface area (TPSA) is 47.3 Å². The Morgan fingerprint density at radius 3 is 2.48 bits per heavy atom. The Hall–Kier alpha value is -1.81. The molecule has 0 saturated heterocycles. The molecule has 0 amide bonds. The number of aromatic nitrogens is 1. The van der Waals surface area contributed by atoms with Gasteiger partial charge in [0.15, 0.2) is 5.76 Å². The maximum atomic E-state index is 5.91. The lowest BCUT2D eigenvalue weighted by Gasteiger charge is -2.13. The molecule has 1 aromatic carbocycles. The molecule has 112 valence electrons. The molecular formula is C17H22N2O2. The molecule has 1 heterocycles. The summed E-state index contributed by atoms with van der Waals surface area (Å²) < 4.78 is 11.1. The molecule has 0 aliphatic heterocycles. The lowest BCUT2D eigenvalue weighted by molar-refractivity contribution is 0.246. The van der Waals surface area contributed by atoms with Crippen LogP contribution in [0.2, 0.25) is 0 Å². The summed E-state index contributed by atoms with van der Waals surface area (Å²) in [4.78, 5) is 0. The smallest absolute Gasteiger partial charge is 0.174 e. The fourth-order valence-electron chi connectivity index (χ4n) is 2.55. The van der Waals surface area contributed by atoms with Crippen molar-refractivity contribution in [3.8, 4) is 5.75 Å². The van der Waals surface area contributed by atoms with E-state index in [9.17, 15) is 0 Å². The van der Waals surface area contributed by atoms with Gasteiger partial charge < -0.3 is 14.6 Å². The van der Waals surface area contributed by atoms with E-state index in [0.717, 1.165) is 29.8 Å². The monoisotopic (exact) mass is 286 g/mol. The van der Waals surface area contributed by atoms with Crippen LogP contribution in [0.25, 0.3) is 0 Å². The number of hydrogen-bond donors (Lipinski definition) is 1. The second kappa shape index (κ2) is 5.90. The normalized spacial score (nSPS) is 14.4. The molecule has 1 aliphatic carbocycles. The van der Waals surface area contributed by atoms with Gasteiger partial charge >= 0.3 is 0 Å². The van der Waals surface area contributed by atoms with E-state index in [1.807, 2.05) is 13.0 Å². The Bertz CT molecular complexity index is 606. The standard InChI is InChI=1S/C17H22N2O2/c1-11-6-14(9-18-15-4-5-15)7-12(2)17(11)20-10-16-8-13(3)19-21-16/h6-8,15,18H,4-5,9-10H2,1-3H3. The average molecular weight is 286 g/mol. The van der Waals surface area contributed by atoms with Crippen LogP contribution in [0.4, 0.5) is 0 Å². The summed E-state index contributed by atoms with van der Waals surface area (Å²) in [7, 11) is 0. The van der Waals surface area contributed by atoms with Crippen LogP contribution in [0.3, 0.4) is 0 Å². The van der Waals surface area contributed by atoms with Crippen molar-refractivity contribution in [2.45, 2.75) is 52.8 Å². The summed E-state index contributed by atoms with van der Waals surface area (Å²) in [6.45, 7) is 7.45. The maximum Gasteiger partial charge on any atom is 0.174 e. The quantitative estimate of drug-likeness (QED) is 0.883. The fourth-order valence-corrected chi connectivity index (χ4v) is 2.55. The molecule has 0 bridgehead atoms. The molecule has 4 nitrogen and oxygen atoms in total. The van der Waals surface area contributed by atoms with E-state index in [0.29, 0.717) is 6.61 Å². The number of nitrogens with one attached hydrogen (secondary N) is 1. The summed E-state index contributed by atoms with van der Waals surface area (Å²) in [5.74, 6) is 1.70. The van der Waals surface area contributed by atoms with Crippen molar-refractivity contribution in [3.63, 3.8) is 0 Å². The highest BCUT2D eigenvalue weighted by atomic mass is 16.5. The van der Waals surface area contributed by atoms with E-state index in [1.54, 1.807) is 0 Å². The predicted octanol–water partition coefficient (Wildman–Crippen LogP) is 3.43. The van der Waals surface area contributed by atoms with E-state index in [2.05, 4.69) is 36.5 Å². The van der Waals surface area contributed by atoms with Crippen molar-refractivity contribution in [1.82, 2.24) is 10.5 Å². The summed E-state index contributed by atoms with van der Waals surface area (Å²) >= 11 is 0. The molecule has 0 spiro atoms. The molecule has 0 unspecified atom stereocenters. The van der Waals surface area contributed by atoms with Gasteiger partial charge in [0.2, 0.25) is 0 Å². The maximum absolute atomic E-state index is 5.91. The van der Waals surface area contributed by atoms with Gasteiger partial charge in [-0.15, -0.1) is 0 Å². The summed E-state index contributed by atoms with van der Waals surface area (Å²) in [5, 5.41) is 7.41. The minimum atomic E-state index is 0.419. The van der Waals surface area contributed by atoms with Crippen LogP contribution in [-0.2, 0) is 13.2 Å². The number of aryl methyl sites for hydroxylation is 3. The Balaban J connectivity index is 1.66. The van der Waals surface area contributed by atoms with Crippen molar-refractivity contribution in [1.29, 1.82) is 0 Å². The highest BCUT2D eigenvalue weighted by molar-refractivity contribution is 5.43. The third kappa shape index (κ3) is 3.64. The minimum Gasteiger partial charge on any atom is -0.485 e. The van der Waals surface area contributed by atoms with E-state index in [1.165, 1.54) is 29.5 Å². The fraction of sp³-hybridized carbons (Fsp3) is 0.471. The molecule has 1 N–H and O–H groups in total. The Morgan fingerprint density at radius 1 is 1.19 bits per heavy atom. The van der Waals surface area contributed by atoms with Crippen molar-refractivity contribution in [3.05, 3.63) is 46.3 Å². The summed E-state index contributed by atoms with van der Waals surface area (Å²) in [5.41, 5.74) is 4.53. The molecule has 1 fully saturated rings. The number of hydrogen-bond acceptors (Lipinski definition) is 4. The van der Waals surface area contributed by atoms with E-state index in [4.69, 9.17) is 9.26 Å². The van der Waals surface area contributed by atoms with Gasteiger partial charge in [0.1, 0.15) is 12.4 Å². The lowest BCUT2D eigenvalue weighted by atomic mass is 10.1. The predicted molar refractivity (Wildman–Crippen MR) is 81.3 cm³/mol. The van der Waals surface area contributed by atoms with E-state index < -0.39 is 0 Å². The van der Waals surface area contributed by atoms with Crippen LogP contribution in [0, 0.1) is 20.8 Å². The Labute approximate surface area is 125 Å². The molecule has 3 rings (SSSR count). The van der Waals surface area contributed by atoms with Crippen molar-refractivity contribution >= 4 is 0 Å². The number of benzene rings is 1. The molecule has 0 radical (unpaired) electrons. The van der Waals surface area contributed by atoms with Gasteiger partial charge in [-0.2, -0.15) is 0 Å². The molecule has 1 aliphatic rings. The zero-order chi connectivity index (χ0) is 14.8. The highest BCUT2D eigenvalue weighted by Gasteiger charge is 2.20. The van der Waals surface area contributed by atoms with Crippen LogP contribution in [0.15, 0.2) is 22.7 Å². The minimum absolute atomic E-state index is 0.419. The molecule has 1 aromatic heterocycles. The van der Waals surface area contributed by atoms with Gasteiger partial charge in [0, 0.05) is 18.7 Å². The first kappa shape index (κ1) is 14.1. The van der Waals surface area contributed by atoms with Crippen LogP contribution in [0.5, 0.6) is 5.75 Å². The molecule has 21 heavy (non-hydrogen) atoms. The average Bonchev–Trinajstić information content (AvgIpc) is 3.17. The SMILES string of the molecule is Cc1cc(COc2c(C)cc(CNC3CC3)cc2C)on1. The third-order valence-corrected chi connectivity index (χ3v) is 3.73. The molecule has 1 saturated carbocycles. The lowest BCUT2D eigenvalue weighted by Crippen LogP contribution is -2.15. The van der Waals surface area contributed by atoms with Gasteiger partial charge in [0.25, 0.3) is 0 Å². The molecular weight excluding hydrogens is 264 g/mol. The first-order valence-corrected chi connectivity index (χ1v) is 7.50. The second-order valence-electron chi connectivity index (χ2n) is 5.94. The molecule has 4 heteroatoms. The van der Waals surface area contributed by atoms with Crippen LogP contribution in [0.1, 0.15) is 41.0 Å².